The second kappa shape index (κ2) is 5.98. The maximum absolute atomic E-state index is 8.22. The van der Waals surface area contributed by atoms with Gasteiger partial charge in [-0.25, -0.2) is 0 Å². The van der Waals surface area contributed by atoms with Crippen LogP contribution in [0.25, 0.3) is 0 Å². The molecule has 0 aromatic carbocycles. The molecule has 0 aliphatic heterocycles. The molecule has 0 aliphatic carbocycles. The maximum atomic E-state index is 8.22. The Labute approximate surface area is 46.7 Å². The van der Waals surface area contributed by atoms with Crippen molar-refractivity contribution in [3.05, 3.63) is 0 Å². The van der Waals surface area contributed by atoms with E-state index in [1.807, 2.05) is 14.1 Å². The third-order valence-corrected chi connectivity index (χ3v) is 0.612. The quantitative estimate of drug-likeness (QED) is 0.377. The molecular formula is C4H12BNO. The van der Waals surface area contributed by atoms with Gasteiger partial charge in [-0.3, -0.25) is 0 Å². The molecule has 0 aliphatic rings. The number of likely N-dealkylation sites (N-methyl/N-ethyl adjacent to an activating group) is 1. The second-order valence-electron chi connectivity index (χ2n) is 1.68. The molecule has 42 valence electrons. The van der Waals surface area contributed by atoms with E-state index in [1.165, 1.54) is 4.90 Å². The molecule has 0 bridgehead atoms. The number of quaternary nitrogens is 1. The van der Waals surface area contributed by atoms with Crippen molar-refractivity contribution in [3.8, 4) is 0 Å². The lowest BCUT2D eigenvalue weighted by Crippen LogP contribution is -3.06. The molecule has 0 saturated heterocycles. The summed E-state index contributed by atoms with van der Waals surface area (Å²) in [6, 6.07) is 0. The molecule has 0 fully saturated rings. The van der Waals surface area contributed by atoms with Crippen LogP contribution in [-0.4, -0.2) is 40.8 Å². The van der Waals surface area contributed by atoms with Crippen LogP contribution in [0.15, 0.2) is 0 Å². The van der Waals surface area contributed by atoms with Gasteiger partial charge in [0.15, 0.2) is 0 Å². The van der Waals surface area contributed by atoms with Crippen LogP contribution in [0.1, 0.15) is 0 Å². The van der Waals surface area contributed by atoms with Crippen LogP contribution < -0.4 is 4.90 Å². The monoisotopic (exact) mass is 101 g/mol. The fourth-order valence-corrected chi connectivity index (χ4v) is 0.224. The molecule has 0 amide bonds. The van der Waals surface area contributed by atoms with E-state index in [0.717, 1.165) is 6.54 Å². The first-order valence-corrected chi connectivity index (χ1v) is 2.17. The summed E-state index contributed by atoms with van der Waals surface area (Å²) >= 11 is 0. The zero-order chi connectivity index (χ0) is 4.99. The molecule has 3 heteroatoms. The van der Waals surface area contributed by atoms with Crippen LogP contribution in [0.3, 0.4) is 0 Å². The van der Waals surface area contributed by atoms with Gasteiger partial charge >= 0.3 is 0 Å². The average Bonchev–Trinajstić information content (AvgIpc) is 1.35. The van der Waals surface area contributed by atoms with Gasteiger partial charge in [-0.2, -0.15) is 0 Å². The maximum Gasteiger partial charge on any atom is 0.100 e. The van der Waals surface area contributed by atoms with Gasteiger partial charge in [-0.05, 0) is 0 Å². The van der Waals surface area contributed by atoms with Crippen LogP contribution in [0, 0.1) is 0 Å². The van der Waals surface area contributed by atoms with E-state index in [-0.39, 0.29) is 8.41 Å². The molecule has 2 nitrogen and oxygen atoms in total. The molecule has 0 heterocycles. The summed E-state index contributed by atoms with van der Waals surface area (Å²) in [6.45, 7) is 1.14. The zero-order valence-electron chi connectivity index (χ0n) is 4.94. The molecule has 4 radical (unpaired) electrons. The first-order valence-electron chi connectivity index (χ1n) is 2.17. The van der Waals surface area contributed by atoms with Crippen molar-refractivity contribution >= 4 is 8.41 Å². The molecule has 0 aromatic heterocycles. The number of rotatable bonds is 2. The Balaban J connectivity index is 0. The van der Waals surface area contributed by atoms with Gasteiger partial charge in [0, 0.05) is 0 Å². The summed E-state index contributed by atoms with van der Waals surface area (Å²) in [6.07, 6.45) is 0. The van der Waals surface area contributed by atoms with E-state index in [1.54, 1.807) is 0 Å². The molecule has 2 N–H and O–H groups in total. The molecule has 0 atom stereocenters. The molecule has 7 heavy (non-hydrogen) atoms. The number of hydrogen-bond donors (Lipinski definition) is 2. The highest BCUT2D eigenvalue weighted by atomic mass is 16.3. The predicted molar refractivity (Wildman–Crippen MR) is 30.5 cm³/mol. The number of aliphatic hydroxyl groups is 1. The minimum Gasteiger partial charge on any atom is -1.00 e. The van der Waals surface area contributed by atoms with Crippen molar-refractivity contribution in [2.45, 2.75) is 0 Å². The van der Waals surface area contributed by atoms with Crippen molar-refractivity contribution in [1.29, 1.82) is 0 Å². The summed E-state index contributed by atoms with van der Waals surface area (Å²) < 4.78 is 0. The number of nitrogens with one attached hydrogen (secondary N) is 1. The highest BCUT2D eigenvalue weighted by Crippen LogP contribution is 1.35. The highest BCUT2D eigenvalue weighted by Gasteiger charge is 1.84. The van der Waals surface area contributed by atoms with E-state index >= 15 is 0 Å². The lowest BCUT2D eigenvalue weighted by molar-refractivity contribution is -0.858. The van der Waals surface area contributed by atoms with Gasteiger partial charge in [0.25, 0.3) is 0 Å². The molecule has 0 rings (SSSR count). The lowest BCUT2D eigenvalue weighted by atomic mass is 10.6. The Morgan fingerprint density at radius 1 is 1.43 bits per heavy atom. The van der Waals surface area contributed by atoms with Crippen LogP contribution in [0.2, 0.25) is 0 Å². The minimum absolute atomic E-state index is 0. The first kappa shape index (κ1) is 10.1. The Morgan fingerprint density at radius 2 is 1.86 bits per heavy atom. The Morgan fingerprint density at radius 3 is 1.86 bits per heavy atom. The largest absolute Gasteiger partial charge is 1.00 e. The smallest absolute Gasteiger partial charge is 0.100 e. The predicted octanol–water partition coefficient (Wildman–Crippen LogP) is -2.26. The summed E-state index contributed by atoms with van der Waals surface area (Å²) in [5.74, 6) is 0. The average molecular weight is 101 g/mol. The summed E-state index contributed by atoms with van der Waals surface area (Å²) in [7, 11) is 4.02. The van der Waals surface area contributed by atoms with Crippen LogP contribution in [0.4, 0.5) is 0 Å². The number of aliphatic hydroxyl groups excluding tert-OH is 1. The van der Waals surface area contributed by atoms with Crippen molar-refractivity contribution in [2.75, 3.05) is 27.2 Å². The highest BCUT2D eigenvalue weighted by molar-refractivity contribution is 5.75. The van der Waals surface area contributed by atoms with Crippen molar-refractivity contribution in [1.82, 2.24) is 0 Å². The van der Waals surface area contributed by atoms with Crippen molar-refractivity contribution in [3.63, 3.8) is 0 Å². The van der Waals surface area contributed by atoms with Crippen LogP contribution >= 0.6 is 0 Å². The molecule has 0 spiro atoms. The Kier molecular flexibility index (Phi) is 8.61. The van der Waals surface area contributed by atoms with Crippen LogP contribution in [-0.2, 0) is 0 Å². The number of hydrogen-bond acceptors (Lipinski definition) is 1. The van der Waals surface area contributed by atoms with Crippen molar-refractivity contribution < 1.29 is 10.0 Å². The molecule has 0 unspecified atom stereocenters. The Bertz CT molecular complexity index is 32.9. The fourth-order valence-electron chi connectivity index (χ4n) is 0.224. The van der Waals surface area contributed by atoms with E-state index in [0.29, 0.717) is 6.61 Å². The van der Waals surface area contributed by atoms with Gasteiger partial charge in [-0.15, -0.1) is 0 Å². The van der Waals surface area contributed by atoms with Gasteiger partial charge in [-0.1, -0.05) is 0 Å². The topological polar surface area (TPSA) is 24.7 Å². The minimum atomic E-state index is 0. The van der Waals surface area contributed by atoms with Crippen LogP contribution in [0.5, 0.6) is 0 Å². The fraction of sp³-hybridized carbons (Fsp3) is 1.00. The molecule has 0 aromatic rings. The zero-order valence-corrected chi connectivity index (χ0v) is 4.94. The van der Waals surface area contributed by atoms with Gasteiger partial charge in [0.2, 0.25) is 0 Å². The summed E-state index contributed by atoms with van der Waals surface area (Å²) in [5, 5.41) is 8.22. The lowest BCUT2D eigenvalue weighted by Gasteiger charge is -2.00. The summed E-state index contributed by atoms with van der Waals surface area (Å²) in [4.78, 5) is 1.29. The van der Waals surface area contributed by atoms with E-state index in [2.05, 4.69) is 0 Å². The Hall–Kier alpha value is -0.0151. The standard InChI is InChI=1S/C4H11NO.B/c1-5(2)3-4-6;/h6H,3-4H2,1-2H3;/q;-1/p+1. The molecular weight excluding hydrogens is 88.9 g/mol. The van der Waals surface area contributed by atoms with E-state index in [9.17, 15) is 0 Å². The summed E-state index contributed by atoms with van der Waals surface area (Å²) in [5.41, 5.74) is 0. The van der Waals surface area contributed by atoms with E-state index < -0.39 is 0 Å². The van der Waals surface area contributed by atoms with Gasteiger partial charge in [0.1, 0.15) is 6.54 Å². The van der Waals surface area contributed by atoms with Crippen molar-refractivity contribution in [2.24, 2.45) is 0 Å². The van der Waals surface area contributed by atoms with Gasteiger partial charge in [0.05, 0.1) is 20.7 Å². The second-order valence-corrected chi connectivity index (χ2v) is 1.68. The van der Waals surface area contributed by atoms with E-state index in [4.69, 9.17) is 5.11 Å². The third kappa shape index (κ3) is 10.7. The SMILES string of the molecule is C[NH+](C)CCO.[B-]. The van der Waals surface area contributed by atoms with Gasteiger partial charge < -0.3 is 18.4 Å². The first-order chi connectivity index (χ1) is 2.77. The molecule has 0 saturated carbocycles. The normalized spacial score (nSPS) is 8.57. The third-order valence-electron chi connectivity index (χ3n) is 0.612.